The molecule has 1 N–H and O–H groups in total. The molecule has 0 aliphatic carbocycles. The standard InChI is InChI=1S/C15H16IN3O6/c1-4-24-15(21)13-12(17-19-18-13)8-5-9(16)14(10(6-8)22-2)25-7-11(20)23-3/h5-6H,4,7H2,1-3H3,(H,17,18,19). The largest absolute Gasteiger partial charge is 0.493 e. The topological polar surface area (TPSA) is 113 Å². The van der Waals surface area contributed by atoms with Crippen molar-refractivity contribution < 1.29 is 28.5 Å². The number of hydrogen-bond donors (Lipinski definition) is 1. The molecule has 134 valence electrons. The monoisotopic (exact) mass is 461 g/mol. The summed E-state index contributed by atoms with van der Waals surface area (Å²) < 4.78 is 21.0. The maximum absolute atomic E-state index is 12.0. The van der Waals surface area contributed by atoms with Crippen LogP contribution in [0.25, 0.3) is 11.3 Å². The molecule has 2 rings (SSSR count). The van der Waals surface area contributed by atoms with Crippen molar-refractivity contribution in [1.29, 1.82) is 0 Å². The van der Waals surface area contributed by atoms with E-state index in [1.807, 2.05) is 22.6 Å². The highest BCUT2D eigenvalue weighted by atomic mass is 127. The number of carbonyl (C=O) groups is 2. The van der Waals surface area contributed by atoms with Crippen LogP contribution < -0.4 is 9.47 Å². The Hall–Kier alpha value is -2.37. The van der Waals surface area contributed by atoms with Gasteiger partial charge < -0.3 is 18.9 Å². The van der Waals surface area contributed by atoms with Gasteiger partial charge in [-0.3, -0.25) is 0 Å². The number of aromatic amines is 1. The summed E-state index contributed by atoms with van der Waals surface area (Å²) in [5, 5.41) is 10.3. The number of rotatable bonds is 7. The van der Waals surface area contributed by atoms with E-state index in [0.29, 0.717) is 26.3 Å². The minimum absolute atomic E-state index is 0.0722. The van der Waals surface area contributed by atoms with Gasteiger partial charge in [-0.05, 0) is 41.6 Å². The van der Waals surface area contributed by atoms with Crippen LogP contribution in [0, 0.1) is 3.57 Å². The van der Waals surface area contributed by atoms with Crippen molar-refractivity contribution in [2.75, 3.05) is 27.4 Å². The quantitative estimate of drug-likeness (QED) is 0.491. The molecule has 1 aromatic carbocycles. The summed E-state index contributed by atoms with van der Waals surface area (Å²) in [6, 6.07) is 3.37. The molecule has 10 heteroatoms. The first-order chi connectivity index (χ1) is 12.0. The molecule has 2 aromatic rings. The lowest BCUT2D eigenvalue weighted by Gasteiger charge is -2.13. The van der Waals surface area contributed by atoms with E-state index in [0.717, 1.165) is 0 Å². The first-order valence-electron chi connectivity index (χ1n) is 7.17. The van der Waals surface area contributed by atoms with E-state index in [9.17, 15) is 9.59 Å². The van der Waals surface area contributed by atoms with Gasteiger partial charge in [0.2, 0.25) is 0 Å². The average Bonchev–Trinajstić information content (AvgIpc) is 3.09. The van der Waals surface area contributed by atoms with E-state index in [4.69, 9.17) is 14.2 Å². The molecular weight excluding hydrogens is 445 g/mol. The number of benzene rings is 1. The fourth-order valence-corrected chi connectivity index (χ4v) is 2.72. The lowest BCUT2D eigenvalue weighted by molar-refractivity contribution is -0.142. The second-order valence-corrected chi connectivity index (χ2v) is 5.76. The van der Waals surface area contributed by atoms with Crippen molar-refractivity contribution in [2.24, 2.45) is 0 Å². The molecule has 0 saturated heterocycles. The third kappa shape index (κ3) is 4.38. The highest BCUT2D eigenvalue weighted by Crippen LogP contribution is 2.37. The molecule has 0 aliphatic rings. The molecular formula is C15H16IN3O6. The summed E-state index contributed by atoms with van der Waals surface area (Å²) >= 11 is 2.03. The summed E-state index contributed by atoms with van der Waals surface area (Å²) in [7, 11) is 2.74. The second-order valence-electron chi connectivity index (χ2n) is 4.60. The van der Waals surface area contributed by atoms with Crippen LogP contribution >= 0.6 is 22.6 Å². The number of methoxy groups -OCH3 is 2. The second kappa shape index (κ2) is 8.65. The number of halogens is 1. The SMILES string of the molecule is CCOC(=O)c1n[nH]nc1-c1cc(I)c(OCC(=O)OC)c(OC)c1. The van der Waals surface area contributed by atoms with E-state index in [2.05, 4.69) is 20.1 Å². The molecule has 0 saturated carbocycles. The molecule has 0 bridgehead atoms. The van der Waals surface area contributed by atoms with E-state index in [-0.39, 0.29) is 18.9 Å². The Bertz CT molecular complexity index is 777. The molecule has 0 radical (unpaired) electrons. The Kier molecular flexibility index (Phi) is 6.56. The van der Waals surface area contributed by atoms with Gasteiger partial charge in [0.05, 0.1) is 24.4 Å². The van der Waals surface area contributed by atoms with E-state index in [1.54, 1.807) is 19.1 Å². The Labute approximate surface area is 157 Å². The van der Waals surface area contributed by atoms with Gasteiger partial charge >= 0.3 is 11.9 Å². The number of aromatic nitrogens is 3. The molecule has 0 unspecified atom stereocenters. The number of nitrogens with one attached hydrogen (secondary N) is 1. The zero-order valence-corrected chi connectivity index (χ0v) is 15.9. The number of H-pyrrole nitrogens is 1. The summed E-state index contributed by atoms with van der Waals surface area (Å²) in [6.45, 7) is 1.68. The zero-order chi connectivity index (χ0) is 18.4. The molecule has 1 aromatic heterocycles. The lowest BCUT2D eigenvalue weighted by atomic mass is 10.1. The van der Waals surface area contributed by atoms with Gasteiger partial charge in [-0.15, -0.1) is 5.10 Å². The Morgan fingerprint density at radius 3 is 2.64 bits per heavy atom. The third-order valence-corrected chi connectivity index (χ3v) is 3.88. The molecule has 0 spiro atoms. The molecule has 25 heavy (non-hydrogen) atoms. The van der Waals surface area contributed by atoms with Crippen molar-refractivity contribution in [3.63, 3.8) is 0 Å². The van der Waals surface area contributed by atoms with Crippen LogP contribution in [-0.2, 0) is 14.3 Å². The summed E-state index contributed by atoms with van der Waals surface area (Å²) in [5.41, 5.74) is 0.987. The van der Waals surface area contributed by atoms with E-state index >= 15 is 0 Å². The smallest absolute Gasteiger partial charge is 0.361 e. The maximum atomic E-state index is 12.0. The highest BCUT2D eigenvalue weighted by Gasteiger charge is 2.22. The van der Waals surface area contributed by atoms with Crippen molar-refractivity contribution in [1.82, 2.24) is 15.4 Å². The summed E-state index contributed by atoms with van der Waals surface area (Å²) in [5.74, 6) is -0.323. The zero-order valence-electron chi connectivity index (χ0n) is 13.8. The third-order valence-electron chi connectivity index (χ3n) is 3.08. The van der Waals surface area contributed by atoms with Crippen molar-refractivity contribution >= 4 is 34.5 Å². The number of hydrogen-bond acceptors (Lipinski definition) is 8. The van der Waals surface area contributed by atoms with Gasteiger partial charge in [-0.2, -0.15) is 10.3 Å². The van der Waals surface area contributed by atoms with Gasteiger partial charge in [0, 0.05) is 5.56 Å². The van der Waals surface area contributed by atoms with Gasteiger partial charge in [-0.25, -0.2) is 9.59 Å². The summed E-state index contributed by atoms with van der Waals surface area (Å²) in [6.07, 6.45) is 0. The van der Waals surface area contributed by atoms with Gasteiger partial charge in [0.25, 0.3) is 0 Å². The van der Waals surface area contributed by atoms with E-state index < -0.39 is 11.9 Å². The minimum Gasteiger partial charge on any atom is -0.493 e. The lowest BCUT2D eigenvalue weighted by Crippen LogP contribution is -2.13. The summed E-state index contributed by atoms with van der Waals surface area (Å²) in [4.78, 5) is 23.2. The molecule has 1 heterocycles. The van der Waals surface area contributed by atoms with Crippen LogP contribution in [0.3, 0.4) is 0 Å². The first kappa shape index (κ1) is 19.0. The highest BCUT2D eigenvalue weighted by molar-refractivity contribution is 14.1. The van der Waals surface area contributed by atoms with Crippen molar-refractivity contribution in [2.45, 2.75) is 6.92 Å². The van der Waals surface area contributed by atoms with Gasteiger partial charge in [0.1, 0.15) is 5.69 Å². The maximum Gasteiger partial charge on any atom is 0.361 e. The van der Waals surface area contributed by atoms with Crippen LogP contribution in [0.5, 0.6) is 11.5 Å². The van der Waals surface area contributed by atoms with Gasteiger partial charge in [-0.1, -0.05) is 0 Å². The molecule has 0 fully saturated rings. The number of esters is 2. The fraction of sp³-hybridized carbons (Fsp3) is 0.333. The van der Waals surface area contributed by atoms with Crippen LogP contribution in [0.2, 0.25) is 0 Å². The first-order valence-corrected chi connectivity index (χ1v) is 8.25. The number of ether oxygens (including phenoxy) is 4. The molecule has 9 nitrogen and oxygen atoms in total. The van der Waals surface area contributed by atoms with Gasteiger partial charge in [0.15, 0.2) is 23.8 Å². The normalized spacial score (nSPS) is 10.2. The predicted molar refractivity (Wildman–Crippen MR) is 94.6 cm³/mol. The Balaban J connectivity index is 2.39. The van der Waals surface area contributed by atoms with Crippen LogP contribution in [0.4, 0.5) is 0 Å². The van der Waals surface area contributed by atoms with Crippen molar-refractivity contribution in [3.05, 3.63) is 21.4 Å². The Morgan fingerprint density at radius 2 is 2.00 bits per heavy atom. The average molecular weight is 461 g/mol. The molecule has 0 atom stereocenters. The molecule has 0 amide bonds. The van der Waals surface area contributed by atoms with Crippen molar-refractivity contribution in [3.8, 4) is 22.8 Å². The molecule has 0 aliphatic heterocycles. The predicted octanol–water partition coefficient (Wildman–Crippen LogP) is 1.81. The van der Waals surface area contributed by atoms with Crippen LogP contribution in [-0.4, -0.2) is 54.8 Å². The van der Waals surface area contributed by atoms with Crippen LogP contribution in [0.1, 0.15) is 17.4 Å². The fourth-order valence-electron chi connectivity index (χ4n) is 1.96. The van der Waals surface area contributed by atoms with E-state index in [1.165, 1.54) is 14.2 Å². The number of carbonyl (C=O) groups excluding carboxylic acids is 2. The Morgan fingerprint density at radius 1 is 1.24 bits per heavy atom. The van der Waals surface area contributed by atoms with Crippen LogP contribution in [0.15, 0.2) is 12.1 Å². The number of nitrogens with zero attached hydrogens (tertiary/aromatic N) is 2. The minimum atomic E-state index is -0.578.